The SMILES string of the molecule is CNC(c1ccc(C(F)(F)F)cc1C)C1CCS(=O)(=O)C1. The molecule has 1 aliphatic heterocycles. The fourth-order valence-corrected chi connectivity index (χ4v) is 4.77. The number of benzene rings is 1. The first-order valence-electron chi connectivity index (χ1n) is 6.69. The average molecular weight is 321 g/mol. The van der Waals surface area contributed by atoms with E-state index in [4.69, 9.17) is 0 Å². The van der Waals surface area contributed by atoms with Crippen LogP contribution in [0.1, 0.15) is 29.2 Å². The van der Waals surface area contributed by atoms with Crippen LogP contribution >= 0.6 is 0 Å². The zero-order valence-corrected chi connectivity index (χ0v) is 12.7. The van der Waals surface area contributed by atoms with Crippen molar-refractivity contribution in [3.8, 4) is 0 Å². The second kappa shape index (κ2) is 5.61. The first-order chi connectivity index (χ1) is 9.64. The number of alkyl halides is 3. The third-order valence-electron chi connectivity index (χ3n) is 3.98. The average Bonchev–Trinajstić information content (AvgIpc) is 2.71. The molecule has 118 valence electrons. The summed E-state index contributed by atoms with van der Waals surface area (Å²) < 4.78 is 61.2. The molecule has 3 nitrogen and oxygen atoms in total. The summed E-state index contributed by atoms with van der Waals surface area (Å²) in [5.41, 5.74) is 0.568. The van der Waals surface area contributed by atoms with Gasteiger partial charge < -0.3 is 5.32 Å². The van der Waals surface area contributed by atoms with Crippen molar-refractivity contribution in [3.63, 3.8) is 0 Å². The number of hydrogen-bond donors (Lipinski definition) is 1. The number of sulfone groups is 1. The summed E-state index contributed by atoms with van der Waals surface area (Å²) in [4.78, 5) is 0. The molecule has 1 aromatic rings. The van der Waals surface area contributed by atoms with Crippen LogP contribution in [0.5, 0.6) is 0 Å². The quantitative estimate of drug-likeness (QED) is 0.931. The van der Waals surface area contributed by atoms with Gasteiger partial charge in [-0.2, -0.15) is 13.2 Å². The summed E-state index contributed by atoms with van der Waals surface area (Å²) in [5, 5.41) is 3.05. The molecule has 0 aliphatic carbocycles. The Morgan fingerprint density at radius 2 is 2.00 bits per heavy atom. The Morgan fingerprint density at radius 1 is 1.33 bits per heavy atom. The zero-order valence-electron chi connectivity index (χ0n) is 11.9. The van der Waals surface area contributed by atoms with Gasteiger partial charge in [0.05, 0.1) is 17.1 Å². The maximum atomic E-state index is 12.7. The van der Waals surface area contributed by atoms with E-state index in [0.29, 0.717) is 12.0 Å². The van der Waals surface area contributed by atoms with Gasteiger partial charge in [0, 0.05) is 6.04 Å². The highest BCUT2D eigenvalue weighted by Crippen LogP contribution is 2.35. The van der Waals surface area contributed by atoms with Crippen molar-refractivity contribution in [2.75, 3.05) is 18.6 Å². The summed E-state index contributed by atoms with van der Waals surface area (Å²) in [7, 11) is -1.32. The normalized spacial score (nSPS) is 23.2. The number of nitrogens with one attached hydrogen (secondary N) is 1. The van der Waals surface area contributed by atoms with E-state index in [0.717, 1.165) is 17.7 Å². The van der Waals surface area contributed by atoms with Crippen LogP contribution in [0.2, 0.25) is 0 Å². The van der Waals surface area contributed by atoms with E-state index in [1.807, 2.05) is 0 Å². The molecule has 1 N–H and O–H groups in total. The lowest BCUT2D eigenvalue weighted by atomic mass is 9.89. The van der Waals surface area contributed by atoms with Crippen molar-refractivity contribution in [1.82, 2.24) is 5.32 Å². The smallest absolute Gasteiger partial charge is 0.313 e. The Bertz CT molecular complexity index is 626. The number of aryl methyl sites for hydroxylation is 1. The second-order valence-corrected chi connectivity index (χ2v) is 7.73. The van der Waals surface area contributed by atoms with E-state index in [9.17, 15) is 21.6 Å². The van der Waals surface area contributed by atoms with E-state index < -0.39 is 21.6 Å². The van der Waals surface area contributed by atoms with E-state index in [1.165, 1.54) is 6.07 Å². The molecule has 0 saturated carbocycles. The van der Waals surface area contributed by atoms with Gasteiger partial charge in [-0.1, -0.05) is 6.07 Å². The van der Waals surface area contributed by atoms with Crippen LogP contribution in [-0.2, 0) is 16.0 Å². The fraction of sp³-hybridized carbons (Fsp3) is 0.571. The van der Waals surface area contributed by atoms with E-state index in [-0.39, 0.29) is 23.5 Å². The van der Waals surface area contributed by atoms with Gasteiger partial charge in [0.25, 0.3) is 0 Å². The first-order valence-corrected chi connectivity index (χ1v) is 8.51. The van der Waals surface area contributed by atoms with Crippen molar-refractivity contribution < 1.29 is 21.6 Å². The molecular formula is C14H18F3NO2S. The van der Waals surface area contributed by atoms with Crippen LogP contribution < -0.4 is 5.32 Å². The van der Waals surface area contributed by atoms with Gasteiger partial charge in [-0.25, -0.2) is 8.42 Å². The summed E-state index contributed by atoms with van der Waals surface area (Å²) in [6.07, 6.45) is -3.83. The second-order valence-electron chi connectivity index (χ2n) is 5.50. The Labute approximate surface area is 122 Å². The molecule has 0 spiro atoms. The lowest BCUT2D eigenvalue weighted by Gasteiger charge is -2.25. The molecule has 1 saturated heterocycles. The molecular weight excluding hydrogens is 303 g/mol. The maximum absolute atomic E-state index is 12.7. The Balaban J connectivity index is 2.31. The van der Waals surface area contributed by atoms with Crippen molar-refractivity contribution in [3.05, 3.63) is 34.9 Å². The summed E-state index contributed by atoms with van der Waals surface area (Å²) in [5.74, 6) is 0.129. The molecule has 1 heterocycles. The van der Waals surface area contributed by atoms with Crippen molar-refractivity contribution >= 4 is 9.84 Å². The van der Waals surface area contributed by atoms with Gasteiger partial charge in [0.15, 0.2) is 9.84 Å². The van der Waals surface area contributed by atoms with Gasteiger partial charge in [-0.15, -0.1) is 0 Å². The molecule has 1 aliphatic rings. The molecule has 21 heavy (non-hydrogen) atoms. The van der Waals surface area contributed by atoms with E-state index in [1.54, 1.807) is 14.0 Å². The highest BCUT2D eigenvalue weighted by atomic mass is 32.2. The molecule has 2 atom stereocenters. The molecule has 7 heteroatoms. The molecule has 2 unspecified atom stereocenters. The molecule has 1 aromatic carbocycles. The molecule has 0 amide bonds. The minimum atomic E-state index is -4.37. The Kier molecular flexibility index (Phi) is 4.35. The van der Waals surface area contributed by atoms with Crippen LogP contribution in [0.15, 0.2) is 18.2 Å². The number of rotatable bonds is 3. The highest BCUT2D eigenvalue weighted by molar-refractivity contribution is 7.91. The van der Waals surface area contributed by atoms with E-state index >= 15 is 0 Å². The third-order valence-corrected chi connectivity index (χ3v) is 5.78. The molecule has 1 fully saturated rings. The fourth-order valence-electron chi connectivity index (χ4n) is 2.93. The highest BCUT2D eigenvalue weighted by Gasteiger charge is 2.35. The standard InChI is InChI=1S/C14H18F3NO2S/c1-9-7-11(14(15,16)17)3-4-12(9)13(18-2)10-5-6-21(19,20)8-10/h3-4,7,10,13,18H,5-6,8H2,1-2H3. The Hall–Kier alpha value is -1.08. The van der Waals surface area contributed by atoms with Crippen LogP contribution in [0, 0.1) is 12.8 Å². The topological polar surface area (TPSA) is 46.2 Å². The van der Waals surface area contributed by atoms with Gasteiger partial charge in [0.1, 0.15) is 0 Å². The summed E-state index contributed by atoms with van der Waals surface area (Å²) in [6.45, 7) is 1.62. The monoisotopic (exact) mass is 321 g/mol. The minimum absolute atomic E-state index is 0.0823. The van der Waals surface area contributed by atoms with Gasteiger partial charge in [-0.05, 0) is 49.6 Å². The van der Waals surface area contributed by atoms with Crippen molar-refractivity contribution in [1.29, 1.82) is 0 Å². The summed E-state index contributed by atoms with van der Waals surface area (Å²) >= 11 is 0. The van der Waals surface area contributed by atoms with E-state index in [2.05, 4.69) is 5.32 Å². The summed E-state index contributed by atoms with van der Waals surface area (Å²) in [6, 6.07) is 3.37. The number of hydrogen-bond acceptors (Lipinski definition) is 3. The predicted molar refractivity (Wildman–Crippen MR) is 74.7 cm³/mol. The number of halogens is 3. The van der Waals surface area contributed by atoms with Gasteiger partial charge >= 0.3 is 6.18 Å². The maximum Gasteiger partial charge on any atom is 0.416 e. The van der Waals surface area contributed by atoms with Crippen LogP contribution in [-0.4, -0.2) is 27.0 Å². The predicted octanol–water partition coefficient (Wildman–Crippen LogP) is 2.71. The lowest BCUT2D eigenvalue weighted by molar-refractivity contribution is -0.137. The van der Waals surface area contributed by atoms with Gasteiger partial charge in [-0.3, -0.25) is 0 Å². The minimum Gasteiger partial charge on any atom is -0.313 e. The van der Waals surface area contributed by atoms with Crippen LogP contribution in [0.25, 0.3) is 0 Å². The van der Waals surface area contributed by atoms with Crippen LogP contribution in [0.3, 0.4) is 0 Å². The largest absolute Gasteiger partial charge is 0.416 e. The molecule has 0 aromatic heterocycles. The first kappa shape index (κ1) is 16.3. The van der Waals surface area contributed by atoms with Crippen molar-refractivity contribution in [2.45, 2.75) is 25.6 Å². The molecule has 2 rings (SSSR count). The third kappa shape index (κ3) is 3.58. The van der Waals surface area contributed by atoms with Crippen molar-refractivity contribution in [2.24, 2.45) is 5.92 Å². The zero-order chi connectivity index (χ0) is 15.8. The Morgan fingerprint density at radius 3 is 2.43 bits per heavy atom. The van der Waals surface area contributed by atoms with Crippen LogP contribution in [0.4, 0.5) is 13.2 Å². The molecule has 0 radical (unpaired) electrons. The lowest BCUT2D eigenvalue weighted by Crippen LogP contribution is -2.27. The van der Waals surface area contributed by atoms with Gasteiger partial charge in [0.2, 0.25) is 0 Å². The molecule has 0 bridgehead atoms.